The van der Waals surface area contributed by atoms with Gasteiger partial charge < -0.3 is 9.26 Å². The molecule has 4 rings (SSSR count). The maximum Gasteiger partial charge on any atom is 0.244 e. The zero-order valence-electron chi connectivity index (χ0n) is 15.3. The number of aromatic nitrogens is 2. The van der Waals surface area contributed by atoms with Gasteiger partial charge in [-0.2, -0.15) is 16.3 Å². The summed E-state index contributed by atoms with van der Waals surface area (Å²) in [6, 6.07) is 10.3. The average molecular weight is 369 g/mol. The Balaban J connectivity index is 1.54. The van der Waals surface area contributed by atoms with E-state index in [0.717, 1.165) is 24.2 Å². The van der Waals surface area contributed by atoms with Crippen LogP contribution in [0.15, 0.2) is 45.6 Å². The number of morpholine rings is 1. The van der Waals surface area contributed by atoms with E-state index in [1.165, 1.54) is 5.56 Å². The Morgan fingerprint density at radius 2 is 2.08 bits per heavy atom. The normalized spacial score (nSPS) is 22.4. The monoisotopic (exact) mass is 369 g/mol. The summed E-state index contributed by atoms with van der Waals surface area (Å²) in [5.41, 5.74) is 3.40. The molecule has 0 aliphatic carbocycles. The molecule has 3 heterocycles. The van der Waals surface area contributed by atoms with Gasteiger partial charge in [0, 0.05) is 18.7 Å². The summed E-state index contributed by atoms with van der Waals surface area (Å²) in [5.74, 6) is 1.31. The molecular formula is C20H23N3O2S. The fraction of sp³-hybridized carbons (Fsp3) is 0.400. The van der Waals surface area contributed by atoms with E-state index >= 15 is 0 Å². The van der Waals surface area contributed by atoms with Gasteiger partial charge in [0.2, 0.25) is 11.7 Å². The summed E-state index contributed by atoms with van der Waals surface area (Å²) in [7, 11) is 0. The fourth-order valence-electron chi connectivity index (χ4n) is 3.44. The molecular weight excluding hydrogens is 346 g/mol. The second kappa shape index (κ2) is 7.31. The maximum absolute atomic E-state index is 6.14. The SMILES string of the molecule is Cc1ccccc1-c1noc(C(C)N2CC(C)OC(c3ccsc3)C2)n1. The quantitative estimate of drug-likeness (QED) is 0.671. The summed E-state index contributed by atoms with van der Waals surface area (Å²) < 4.78 is 11.7. The Morgan fingerprint density at radius 3 is 2.85 bits per heavy atom. The van der Waals surface area contributed by atoms with Crippen molar-refractivity contribution in [3.63, 3.8) is 0 Å². The van der Waals surface area contributed by atoms with Crippen molar-refractivity contribution >= 4 is 11.3 Å². The lowest BCUT2D eigenvalue weighted by Crippen LogP contribution is -2.43. The van der Waals surface area contributed by atoms with E-state index in [-0.39, 0.29) is 18.2 Å². The number of hydrogen-bond donors (Lipinski definition) is 0. The topological polar surface area (TPSA) is 51.4 Å². The third-order valence-corrected chi connectivity index (χ3v) is 5.64. The van der Waals surface area contributed by atoms with Crippen LogP contribution < -0.4 is 0 Å². The van der Waals surface area contributed by atoms with Gasteiger partial charge in [-0.25, -0.2) is 0 Å². The van der Waals surface area contributed by atoms with Gasteiger partial charge in [0.05, 0.1) is 18.2 Å². The molecule has 26 heavy (non-hydrogen) atoms. The predicted octanol–water partition coefficient (Wildman–Crippen LogP) is 4.63. The maximum atomic E-state index is 6.14. The van der Waals surface area contributed by atoms with Crippen LogP contribution in [0, 0.1) is 6.92 Å². The minimum absolute atomic E-state index is 0.0488. The van der Waals surface area contributed by atoms with E-state index in [1.54, 1.807) is 11.3 Å². The molecule has 0 amide bonds. The third-order valence-electron chi connectivity index (χ3n) is 4.94. The van der Waals surface area contributed by atoms with Gasteiger partial charge in [0.1, 0.15) is 0 Å². The van der Waals surface area contributed by atoms with E-state index < -0.39 is 0 Å². The van der Waals surface area contributed by atoms with E-state index in [4.69, 9.17) is 9.26 Å². The fourth-order valence-corrected chi connectivity index (χ4v) is 4.14. The average Bonchev–Trinajstić information content (AvgIpc) is 3.33. The Hall–Kier alpha value is -2.02. The summed E-state index contributed by atoms with van der Waals surface area (Å²) >= 11 is 1.70. The molecule has 0 spiro atoms. The molecule has 136 valence electrons. The van der Waals surface area contributed by atoms with E-state index in [0.29, 0.717) is 11.7 Å². The van der Waals surface area contributed by atoms with Gasteiger partial charge in [-0.15, -0.1) is 0 Å². The molecule has 1 aliphatic rings. The molecule has 3 atom stereocenters. The van der Waals surface area contributed by atoms with Crippen LogP contribution in [0.5, 0.6) is 0 Å². The molecule has 2 aromatic heterocycles. The highest BCUT2D eigenvalue weighted by atomic mass is 32.1. The zero-order valence-corrected chi connectivity index (χ0v) is 16.1. The van der Waals surface area contributed by atoms with Gasteiger partial charge in [-0.05, 0) is 48.7 Å². The van der Waals surface area contributed by atoms with E-state index in [9.17, 15) is 0 Å². The van der Waals surface area contributed by atoms with Gasteiger partial charge in [-0.3, -0.25) is 4.90 Å². The van der Waals surface area contributed by atoms with Gasteiger partial charge >= 0.3 is 0 Å². The minimum atomic E-state index is 0.0488. The number of hydrogen-bond acceptors (Lipinski definition) is 6. The summed E-state index contributed by atoms with van der Waals surface area (Å²) in [6.07, 6.45) is 0.251. The molecule has 3 unspecified atom stereocenters. The van der Waals surface area contributed by atoms with Crippen LogP contribution in [-0.2, 0) is 4.74 Å². The Morgan fingerprint density at radius 1 is 1.23 bits per heavy atom. The number of benzene rings is 1. The molecule has 1 aromatic carbocycles. The first-order valence-corrected chi connectivity index (χ1v) is 9.87. The van der Waals surface area contributed by atoms with Crippen molar-refractivity contribution in [3.8, 4) is 11.4 Å². The summed E-state index contributed by atoms with van der Waals surface area (Å²) in [5, 5.41) is 8.47. The number of aryl methyl sites for hydroxylation is 1. The van der Waals surface area contributed by atoms with Crippen LogP contribution in [-0.4, -0.2) is 34.2 Å². The zero-order chi connectivity index (χ0) is 18.1. The summed E-state index contributed by atoms with van der Waals surface area (Å²) in [4.78, 5) is 7.04. The van der Waals surface area contributed by atoms with Crippen molar-refractivity contribution in [2.45, 2.75) is 39.0 Å². The molecule has 1 aliphatic heterocycles. The molecule has 5 nitrogen and oxygen atoms in total. The lowest BCUT2D eigenvalue weighted by molar-refractivity contribution is -0.0920. The first kappa shape index (κ1) is 17.4. The predicted molar refractivity (Wildman–Crippen MR) is 102 cm³/mol. The molecule has 0 radical (unpaired) electrons. The van der Waals surface area contributed by atoms with Crippen molar-refractivity contribution in [2.75, 3.05) is 13.1 Å². The number of ether oxygens (including phenoxy) is 1. The highest BCUT2D eigenvalue weighted by Gasteiger charge is 2.32. The Kier molecular flexibility index (Phi) is 4.89. The van der Waals surface area contributed by atoms with Crippen molar-refractivity contribution in [2.24, 2.45) is 0 Å². The second-order valence-electron chi connectivity index (χ2n) is 6.89. The van der Waals surface area contributed by atoms with Crippen molar-refractivity contribution in [1.29, 1.82) is 0 Å². The van der Waals surface area contributed by atoms with Crippen LogP contribution in [0.25, 0.3) is 11.4 Å². The number of thiophene rings is 1. The molecule has 1 saturated heterocycles. The van der Waals surface area contributed by atoms with Crippen molar-refractivity contribution in [3.05, 3.63) is 58.1 Å². The first-order valence-electron chi connectivity index (χ1n) is 8.93. The molecule has 1 fully saturated rings. The highest BCUT2D eigenvalue weighted by molar-refractivity contribution is 7.07. The van der Waals surface area contributed by atoms with Crippen LogP contribution in [0.1, 0.15) is 43.0 Å². The van der Waals surface area contributed by atoms with Crippen LogP contribution >= 0.6 is 11.3 Å². The number of nitrogens with zero attached hydrogens (tertiary/aromatic N) is 3. The Labute approximate surface area is 157 Å². The first-order chi connectivity index (χ1) is 12.6. The lowest BCUT2D eigenvalue weighted by atomic mass is 10.1. The van der Waals surface area contributed by atoms with Crippen molar-refractivity contribution in [1.82, 2.24) is 15.0 Å². The van der Waals surface area contributed by atoms with Crippen LogP contribution in [0.3, 0.4) is 0 Å². The molecule has 0 bridgehead atoms. The Bertz CT molecular complexity index is 862. The van der Waals surface area contributed by atoms with Gasteiger partial charge in [-0.1, -0.05) is 29.4 Å². The standard InChI is InChI=1S/C20H23N3O2S/c1-13-6-4-5-7-17(13)19-21-20(25-22-19)15(3)23-10-14(2)24-18(11-23)16-8-9-26-12-16/h4-9,12,14-15,18H,10-11H2,1-3H3. The van der Waals surface area contributed by atoms with E-state index in [1.807, 2.05) is 18.2 Å². The lowest BCUT2D eigenvalue weighted by Gasteiger charge is -2.38. The molecule has 0 saturated carbocycles. The van der Waals surface area contributed by atoms with E-state index in [2.05, 4.69) is 58.7 Å². The molecule has 6 heteroatoms. The van der Waals surface area contributed by atoms with Gasteiger partial charge in [0.15, 0.2) is 0 Å². The second-order valence-corrected chi connectivity index (χ2v) is 7.67. The van der Waals surface area contributed by atoms with Gasteiger partial charge in [0.25, 0.3) is 0 Å². The number of rotatable bonds is 4. The van der Waals surface area contributed by atoms with Crippen LogP contribution in [0.4, 0.5) is 0 Å². The summed E-state index contributed by atoms with van der Waals surface area (Å²) in [6.45, 7) is 7.97. The smallest absolute Gasteiger partial charge is 0.244 e. The minimum Gasteiger partial charge on any atom is -0.368 e. The third kappa shape index (κ3) is 3.45. The highest BCUT2D eigenvalue weighted by Crippen LogP contribution is 2.32. The van der Waals surface area contributed by atoms with Crippen LogP contribution in [0.2, 0.25) is 0 Å². The molecule has 0 N–H and O–H groups in total. The molecule has 3 aromatic rings. The van der Waals surface area contributed by atoms with Crippen molar-refractivity contribution < 1.29 is 9.26 Å². The largest absolute Gasteiger partial charge is 0.368 e.